The van der Waals surface area contributed by atoms with Gasteiger partial charge in [-0.2, -0.15) is 0 Å². The predicted molar refractivity (Wildman–Crippen MR) is 129 cm³/mol. The molecule has 32 heavy (non-hydrogen) atoms. The number of carbonyl (C=O) groups is 1. The minimum absolute atomic E-state index is 0.0171. The summed E-state index contributed by atoms with van der Waals surface area (Å²) >= 11 is 2.69. The zero-order valence-corrected chi connectivity index (χ0v) is 19.1. The van der Waals surface area contributed by atoms with Crippen LogP contribution in [0.15, 0.2) is 69.9 Å². The molecule has 0 fully saturated rings. The van der Waals surface area contributed by atoms with Gasteiger partial charge in [-0.05, 0) is 35.6 Å². The predicted octanol–water partition coefficient (Wildman–Crippen LogP) is 4.20. The number of ether oxygens (including phenoxy) is 1. The number of nitrogens with zero attached hydrogens (tertiary/aromatic N) is 3. The molecule has 1 aliphatic rings. The number of aromatic nitrogens is 2. The lowest BCUT2D eigenvalue weighted by atomic mass is 10.2. The van der Waals surface area contributed by atoms with E-state index >= 15 is 0 Å². The van der Waals surface area contributed by atoms with Crippen molar-refractivity contribution in [3.63, 3.8) is 0 Å². The van der Waals surface area contributed by atoms with Gasteiger partial charge in [0.2, 0.25) is 5.91 Å². The van der Waals surface area contributed by atoms with Gasteiger partial charge >= 0.3 is 0 Å². The van der Waals surface area contributed by atoms with Crippen LogP contribution in [0, 0.1) is 0 Å². The summed E-state index contributed by atoms with van der Waals surface area (Å²) in [5, 5.41) is 2.40. The van der Waals surface area contributed by atoms with E-state index in [1.807, 2.05) is 58.8 Å². The molecule has 162 valence electrons. The van der Waals surface area contributed by atoms with Crippen LogP contribution in [0.3, 0.4) is 0 Å². The Bertz CT molecular complexity index is 1360. The number of amides is 1. The minimum atomic E-state index is -0.0997. The van der Waals surface area contributed by atoms with Crippen LogP contribution in [0.25, 0.3) is 10.2 Å². The summed E-state index contributed by atoms with van der Waals surface area (Å²) in [6, 6.07) is 17.5. The average molecular weight is 464 g/mol. The third-order valence-electron chi connectivity index (χ3n) is 5.56. The Labute approximate surface area is 193 Å². The van der Waals surface area contributed by atoms with Crippen LogP contribution >= 0.6 is 23.1 Å². The summed E-state index contributed by atoms with van der Waals surface area (Å²) in [7, 11) is 1.62. The van der Waals surface area contributed by atoms with Crippen LogP contribution in [0.5, 0.6) is 5.75 Å². The Hall–Kier alpha value is -3.10. The molecular weight excluding hydrogens is 442 g/mol. The molecule has 8 heteroatoms. The van der Waals surface area contributed by atoms with Gasteiger partial charge in [0.25, 0.3) is 5.56 Å². The van der Waals surface area contributed by atoms with Crippen molar-refractivity contribution in [1.29, 1.82) is 0 Å². The van der Waals surface area contributed by atoms with E-state index in [-0.39, 0.29) is 17.2 Å². The number of hydrogen-bond donors (Lipinski definition) is 0. The Kier molecular flexibility index (Phi) is 5.71. The first-order valence-corrected chi connectivity index (χ1v) is 12.1. The second-order valence-corrected chi connectivity index (χ2v) is 9.30. The first-order chi connectivity index (χ1) is 15.7. The number of carbonyl (C=O) groups excluding carboxylic acids is 1. The molecule has 3 heterocycles. The minimum Gasteiger partial charge on any atom is -0.496 e. The number of methoxy groups -OCH3 is 1. The van der Waals surface area contributed by atoms with Gasteiger partial charge in [0, 0.05) is 17.8 Å². The van der Waals surface area contributed by atoms with Crippen molar-refractivity contribution >= 4 is 44.9 Å². The summed E-state index contributed by atoms with van der Waals surface area (Å²) in [5.74, 6) is 0.942. The maximum Gasteiger partial charge on any atom is 0.272 e. The lowest BCUT2D eigenvalue weighted by Gasteiger charge is -2.18. The van der Waals surface area contributed by atoms with Crippen molar-refractivity contribution in [3.05, 3.63) is 81.5 Å². The normalized spacial score (nSPS) is 12.8. The van der Waals surface area contributed by atoms with Gasteiger partial charge in [0.1, 0.15) is 10.4 Å². The molecule has 6 nitrogen and oxygen atoms in total. The van der Waals surface area contributed by atoms with Crippen molar-refractivity contribution in [2.45, 2.75) is 18.1 Å². The van der Waals surface area contributed by atoms with Crippen molar-refractivity contribution in [3.8, 4) is 5.75 Å². The molecule has 2 aromatic heterocycles. The quantitative estimate of drug-likeness (QED) is 0.317. The highest BCUT2D eigenvalue weighted by Gasteiger charge is 2.25. The second-order valence-electron chi connectivity index (χ2n) is 7.45. The second kappa shape index (κ2) is 8.80. The molecule has 2 aromatic carbocycles. The molecule has 0 saturated carbocycles. The molecule has 0 spiro atoms. The number of anilines is 1. The smallest absolute Gasteiger partial charge is 0.272 e. The molecule has 4 aromatic rings. The van der Waals surface area contributed by atoms with Gasteiger partial charge in [-0.25, -0.2) is 4.98 Å². The van der Waals surface area contributed by atoms with E-state index < -0.39 is 0 Å². The third kappa shape index (κ3) is 3.80. The number of hydrogen-bond acceptors (Lipinski definition) is 6. The fourth-order valence-corrected chi connectivity index (χ4v) is 5.63. The van der Waals surface area contributed by atoms with Crippen molar-refractivity contribution in [1.82, 2.24) is 9.55 Å². The number of thiophene rings is 1. The number of rotatable bonds is 6. The summed E-state index contributed by atoms with van der Waals surface area (Å²) in [6.07, 6.45) is 0.865. The fourth-order valence-electron chi connectivity index (χ4n) is 3.98. The zero-order valence-electron chi connectivity index (χ0n) is 17.5. The standard InChI is InChI=1S/C24H21N3O3S2/c1-30-20-9-5-3-7-17(20)14-27-23(29)22-18(11-13-31-22)25-24(27)32-15-21(28)26-12-10-16-6-2-4-8-19(16)26/h2-9,11,13H,10,12,14-15H2,1H3. The third-order valence-corrected chi connectivity index (χ3v) is 7.42. The van der Waals surface area contributed by atoms with E-state index in [1.54, 1.807) is 11.7 Å². The van der Waals surface area contributed by atoms with Crippen LogP contribution in [-0.2, 0) is 17.8 Å². The number of para-hydroxylation sites is 2. The fraction of sp³-hybridized carbons (Fsp3) is 0.208. The Morgan fingerprint density at radius 1 is 1.16 bits per heavy atom. The van der Waals surface area contributed by atoms with Crippen LogP contribution in [0.1, 0.15) is 11.1 Å². The van der Waals surface area contributed by atoms with Gasteiger partial charge in [0.15, 0.2) is 5.16 Å². The molecular formula is C24H21N3O3S2. The monoisotopic (exact) mass is 463 g/mol. The SMILES string of the molecule is COc1ccccc1Cn1c(SCC(=O)N2CCc3ccccc32)nc2ccsc2c1=O. The van der Waals surface area contributed by atoms with Gasteiger partial charge < -0.3 is 9.64 Å². The molecule has 0 aliphatic carbocycles. The number of benzene rings is 2. The van der Waals surface area contributed by atoms with Crippen LogP contribution < -0.4 is 15.2 Å². The van der Waals surface area contributed by atoms with E-state index in [9.17, 15) is 9.59 Å². The highest BCUT2D eigenvalue weighted by Crippen LogP contribution is 2.29. The summed E-state index contributed by atoms with van der Waals surface area (Å²) in [6.45, 7) is 1.01. The first kappa shape index (κ1) is 20.8. The van der Waals surface area contributed by atoms with Crippen molar-refractivity contribution < 1.29 is 9.53 Å². The number of thioether (sulfide) groups is 1. The Morgan fingerprint density at radius 2 is 1.97 bits per heavy atom. The molecule has 0 N–H and O–H groups in total. The van der Waals surface area contributed by atoms with Crippen LogP contribution in [0.2, 0.25) is 0 Å². The van der Waals surface area contributed by atoms with Gasteiger partial charge in [-0.3, -0.25) is 14.2 Å². The molecule has 0 bridgehead atoms. The van der Waals surface area contributed by atoms with Gasteiger partial charge in [-0.15, -0.1) is 11.3 Å². The lowest BCUT2D eigenvalue weighted by Crippen LogP contribution is -2.31. The van der Waals surface area contributed by atoms with Gasteiger partial charge in [0.05, 0.1) is 24.9 Å². The molecule has 0 atom stereocenters. The van der Waals surface area contributed by atoms with Gasteiger partial charge in [-0.1, -0.05) is 48.2 Å². The Balaban J connectivity index is 1.45. The molecule has 0 unspecified atom stereocenters. The molecule has 0 radical (unpaired) electrons. The zero-order chi connectivity index (χ0) is 22.1. The largest absolute Gasteiger partial charge is 0.496 e. The van der Waals surface area contributed by atoms with Crippen LogP contribution in [-0.4, -0.2) is 34.9 Å². The van der Waals surface area contributed by atoms with E-state index in [0.717, 1.165) is 17.7 Å². The Morgan fingerprint density at radius 3 is 2.84 bits per heavy atom. The van der Waals surface area contributed by atoms with Crippen molar-refractivity contribution in [2.24, 2.45) is 0 Å². The maximum absolute atomic E-state index is 13.3. The number of fused-ring (bicyclic) bond motifs is 2. The average Bonchev–Trinajstić information content (AvgIpc) is 3.47. The van der Waals surface area contributed by atoms with E-state index in [1.165, 1.54) is 28.7 Å². The topological polar surface area (TPSA) is 64.4 Å². The molecule has 1 amide bonds. The molecule has 5 rings (SSSR count). The molecule has 0 saturated heterocycles. The highest BCUT2D eigenvalue weighted by atomic mass is 32.2. The van der Waals surface area contributed by atoms with Crippen molar-refractivity contribution in [2.75, 3.05) is 24.3 Å². The van der Waals surface area contributed by atoms with E-state index in [4.69, 9.17) is 9.72 Å². The maximum atomic E-state index is 13.3. The first-order valence-electron chi connectivity index (χ1n) is 10.3. The summed E-state index contributed by atoms with van der Waals surface area (Å²) in [5.41, 5.74) is 3.62. The lowest BCUT2D eigenvalue weighted by molar-refractivity contribution is -0.116. The highest BCUT2D eigenvalue weighted by molar-refractivity contribution is 7.99. The van der Waals surface area contributed by atoms with E-state index in [0.29, 0.717) is 34.2 Å². The molecule has 1 aliphatic heterocycles. The van der Waals surface area contributed by atoms with E-state index in [2.05, 4.69) is 6.07 Å². The summed E-state index contributed by atoms with van der Waals surface area (Å²) in [4.78, 5) is 32.8. The van der Waals surface area contributed by atoms with Crippen LogP contribution in [0.4, 0.5) is 5.69 Å². The summed E-state index contributed by atoms with van der Waals surface area (Å²) < 4.78 is 7.73.